The van der Waals surface area contributed by atoms with Crippen LogP contribution in [0.3, 0.4) is 0 Å². The lowest BCUT2D eigenvalue weighted by Gasteiger charge is -2.32. The predicted molar refractivity (Wildman–Crippen MR) is 131 cm³/mol. The van der Waals surface area contributed by atoms with Crippen molar-refractivity contribution in [3.05, 3.63) is 59.0 Å². The van der Waals surface area contributed by atoms with Crippen LogP contribution < -0.4 is 0 Å². The summed E-state index contributed by atoms with van der Waals surface area (Å²) in [5.74, 6) is 0. The van der Waals surface area contributed by atoms with E-state index >= 15 is 0 Å². The molecule has 2 atom stereocenters. The van der Waals surface area contributed by atoms with Gasteiger partial charge in [0.05, 0.1) is 8.80 Å². The van der Waals surface area contributed by atoms with E-state index in [-0.39, 0.29) is 3.92 Å². The molecular weight excluding hydrogens is 572 g/mol. The molecule has 1 fully saturated rings. The van der Waals surface area contributed by atoms with Gasteiger partial charge in [-0.2, -0.15) is 0 Å². The minimum absolute atomic E-state index is 0.300. The van der Waals surface area contributed by atoms with Crippen LogP contribution >= 0.6 is 45.5 Å². The Morgan fingerprint density at radius 1 is 1.32 bits per heavy atom. The Hall–Kier alpha value is -1.30. The highest BCUT2D eigenvalue weighted by Crippen LogP contribution is 2.48. The number of rotatable bonds is 4. The van der Waals surface area contributed by atoms with Gasteiger partial charge in [-0.15, -0.1) is 11.3 Å². The molecule has 3 aromatic heterocycles. The molecule has 0 N–H and O–H groups in total. The molecule has 0 aliphatic heterocycles. The average Bonchev–Trinajstić information content (AvgIpc) is 3.36. The van der Waals surface area contributed by atoms with Gasteiger partial charge in [-0.1, -0.05) is 40.3 Å². The maximum absolute atomic E-state index is 14.8. The Balaban J connectivity index is 1.62. The molecule has 5 nitrogen and oxygen atoms in total. The van der Waals surface area contributed by atoms with Gasteiger partial charge < -0.3 is 0 Å². The second-order valence-corrected chi connectivity index (χ2v) is 13.1. The third kappa shape index (κ3) is 3.22. The standard InChI is InChI=1S/C21H18ClFIN3O2S2/c1-20(11-13(22)3-4-17(20)24)31(28,29)27-10-6-15-14(5-9-25-18(15)27)16-12-26-19(30-16)21(23)7-2-8-21/h3-6,9-12,17H,2,7-8H2,1H3. The van der Waals surface area contributed by atoms with Gasteiger partial charge in [-0.3, -0.25) is 0 Å². The van der Waals surface area contributed by atoms with Crippen LogP contribution in [0.2, 0.25) is 0 Å². The lowest BCUT2D eigenvalue weighted by molar-refractivity contribution is 0.0606. The fourth-order valence-corrected chi connectivity index (χ4v) is 8.39. The summed E-state index contributed by atoms with van der Waals surface area (Å²) in [5.41, 5.74) is -0.206. The van der Waals surface area contributed by atoms with Crippen LogP contribution in [0.1, 0.15) is 31.2 Å². The highest BCUT2D eigenvalue weighted by Gasteiger charge is 2.46. The van der Waals surface area contributed by atoms with Gasteiger partial charge in [0, 0.05) is 34.6 Å². The number of pyridine rings is 1. The maximum Gasteiger partial charge on any atom is 0.250 e. The fraction of sp³-hybridized carbons (Fsp3) is 0.333. The van der Waals surface area contributed by atoms with Crippen LogP contribution in [0.15, 0.2) is 54.0 Å². The number of thiazole rings is 1. The molecule has 5 rings (SSSR count). The number of alkyl halides is 2. The number of hydrogen-bond donors (Lipinski definition) is 0. The largest absolute Gasteiger partial charge is 0.250 e. The summed E-state index contributed by atoms with van der Waals surface area (Å²) < 4.78 is 41.9. The summed E-state index contributed by atoms with van der Waals surface area (Å²) in [6.45, 7) is 1.66. The first-order valence-corrected chi connectivity index (χ1v) is 13.6. The normalized spacial score (nSPS) is 25.4. The van der Waals surface area contributed by atoms with Crippen molar-refractivity contribution in [2.24, 2.45) is 0 Å². The van der Waals surface area contributed by atoms with Crippen molar-refractivity contribution in [2.75, 3.05) is 0 Å². The zero-order chi connectivity index (χ0) is 22.0. The summed E-state index contributed by atoms with van der Waals surface area (Å²) in [6.07, 6.45) is 11.7. The molecule has 0 spiro atoms. The van der Waals surface area contributed by atoms with Crippen molar-refractivity contribution >= 4 is 66.6 Å². The van der Waals surface area contributed by atoms with Crippen LogP contribution in [-0.4, -0.2) is 31.0 Å². The number of hydrogen-bond acceptors (Lipinski definition) is 5. The zero-order valence-corrected chi connectivity index (χ0v) is 21.0. The highest BCUT2D eigenvalue weighted by atomic mass is 127. The van der Waals surface area contributed by atoms with E-state index in [1.54, 1.807) is 43.6 Å². The summed E-state index contributed by atoms with van der Waals surface area (Å²) in [6, 6.07) is 3.55. The van der Waals surface area contributed by atoms with E-state index < -0.39 is 20.4 Å². The maximum atomic E-state index is 14.8. The number of allylic oxidation sites excluding steroid dienone is 3. The molecule has 1 saturated carbocycles. The number of fused-ring (bicyclic) bond motifs is 1. The quantitative estimate of drug-likeness (QED) is 0.279. The van der Waals surface area contributed by atoms with Gasteiger partial charge in [-0.05, 0) is 50.5 Å². The van der Waals surface area contributed by atoms with Gasteiger partial charge in [0.25, 0.3) is 10.0 Å². The van der Waals surface area contributed by atoms with E-state index in [2.05, 4.69) is 32.6 Å². The molecule has 3 aromatic rings. The summed E-state index contributed by atoms with van der Waals surface area (Å²) in [7, 11) is -3.88. The molecule has 3 heterocycles. The molecule has 0 aromatic carbocycles. The number of nitrogens with zero attached hydrogens (tertiary/aromatic N) is 3. The topological polar surface area (TPSA) is 64.8 Å². The molecule has 0 radical (unpaired) electrons. The van der Waals surface area contributed by atoms with E-state index in [1.165, 1.54) is 21.5 Å². The fourth-order valence-electron chi connectivity index (χ4n) is 3.93. The Morgan fingerprint density at radius 3 is 2.81 bits per heavy atom. The molecule has 0 amide bonds. The monoisotopic (exact) mass is 589 g/mol. The van der Waals surface area contributed by atoms with Gasteiger partial charge in [0.15, 0.2) is 11.3 Å². The van der Waals surface area contributed by atoms with Crippen LogP contribution in [0.5, 0.6) is 0 Å². The Bertz CT molecular complexity index is 1360. The SMILES string of the molecule is CC1(S(=O)(=O)n2ccc3c(-c4cnc(C5(F)CCC5)s4)ccnc32)C=C(Cl)C=CC1I. The van der Waals surface area contributed by atoms with E-state index in [0.29, 0.717) is 33.9 Å². The minimum atomic E-state index is -3.88. The lowest BCUT2D eigenvalue weighted by atomic mass is 9.83. The number of halogens is 3. The van der Waals surface area contributed by atoms with Crippen LogP contribution in [0.4, 0.5) is 4.39 Å². The van der Waals surface area contributed by atoms with Crippen molar-refractivity contribution in [1.82, 2.24) is 13.9 Å². The van der Waals surface area contributed by atoms with E-state index in [0.717, 1.165) is 16.9 Å². The Kier molecular flexibility index (Phi) is 5.11. The highest BCUT2D eigenvalue weighted by molar-refractivity contribution is 14.1. The average molecular weight is 590 g/mol. The molecule has 0 saturated heterocycles. The first-order valence-electron chi connectivity index (χ1n) is 9.73. The minimum Gasteiger partial charge on any atom is -0.246 e. The molecular formula is C21H18ClFIN3O2S2. The van der Waals surface area contributed by atoms with Crippen molar-refractivity contribution < 1.29 is 12.8 Å². The first-order chi connectivity index (χ1) is 14.7. The third-order valence-electron chi connectivity index (χ3n) is 6.07. The van der Waals surface area contributed by atoms with Crippen LogP contribution in [0, 0.1) is 0 Å². The van der Waals surface area contributed by atoms with Crippen molar-refractivity contribution in [2.45, 2.75) is 40.5 Å². The Morgan fingerprint density at radius 2 is 2.10 bits per heavy atom. The van der Waals surface area contributed by atoms with Gasteiger partial charge in [0.2, 0.25) is 0 Å². The van der Waals surface area contributed by atoms with Gasteiger partial charge in [0.1, 0.15) is 9.75 Å². The second-order valence-electron chi connectivity index (χ2n) is 8.03. The summed E-state index contributed by atoms with van der Waals surface area (Å²) in [5, 5.41) is 1.55. The Labute approximate surface area is 202 Å². The summed E-state index contributed by atoms with van der Waals surface area (Å²) >= 11 is 9.59. The predicted octanol–water partition coefficient (Wildman–Crippen LogP) is 5.94. The number of aromatic nitrogens is 3. The zero-order valence-electron chi connectivity index (χ0n) is 16.4. The van der Waals surface area contributed by atoms with Gasteiger partial charge in [-0.25, -0.2) is 26.7 Å². The summed E-state index contributed by atoms with van der Waals surface area (Å²) in [4.78, 5) is 9.48. The smallest absolute Gasteiger partial charge is 0.246 e. The lowest BCUT2D eigenvalue weighted by Crippen LogP contribution is -2.45. The van der Waals surface area contributed by atoms with Crippen LogP contribution in [0.25, 0.3) is 21.5 Å². The molecule has 31 heavy (non-hydrogen) atoms. The molecule has 10 heteroatoms. The molecule has 162 valence electrons. The van der Waals surface area contributed by atoms with Gasteiger partial charge >= 0.3 is 0 Å². The van der Waals surface area contributed by atoms with E-state index in [1.807, 2.05) is 6.07 Å². The van der Waals surface area contributed by atoms with E-state index in [9.17, 15) is 12.8 Å². The molecule has 0 bridgehead atoms. The van der Waals surface area contributed by atoms with Crippen LogP contribution in [-0.2, 0) is 15.7 Å². The first kappa shape index (κ1) is 21.5. The molecule has 2 aliphatic rings. The van der Waals surface area contributed by atoms with Crippen molar-refractivity contribution in [1.29, 1.82) is 0 Å². The van der Waals surface area contributed by atoms with E-state index in [4.69, 9.17) is 11.6 Å². The molecule has 2 aliphatic carbocycles. The second kappa shape index (κ2) is 7.36. The van der Waals surface area contributed by atoms with Crippen molar-refractivity contribution in [3.63, 3.8) is 0 Å². The van der Waals surface area contributed by atoms with Crippen molar-refractivity contribution in [3.8, 4) is 10.4 Å². The third-order valence-corrected chi connectivity index (χ3v) is 11.9. The molecule has 2 unspecified atom stereocenters.